The number of nitrogens with one attached hydrogen (secondary N) is 1. The third kappa shape index (κ3) is 3.48. The Morgan fingerprint density at radius 1 is 1.00 bits per heavy atom. The molecule has 0 amide bonds. The predicted octanol–water partition coefficient (Wildman–Crippen LogP) is 3.84. The molecule has 3 unspecified atom stereocenters. The molecule has 0 aromatic rings. The van der Waals surface area contributed by atoms with E-state index in [2.05, 4.69) is 19.2 Å². The zero-order chi connectivity index (χ0) is 11.4. The van der Waals surface area contributed by atoms with Crippen LogP contribution in [-0.4, -0.2) is 13.1 Å². The van der Waals surface area contributed by atoms with E-state index in [0.717, 1.165) is 23.7 Å². The van der Waals surface area contributed by atoms with Gasteiger partial charge >= 0.3 is 0 Å². The van der Waals surface area contributed by atoms with Crippen LogP contribution in [0, 0.1) is 23.7 Å². The van der Waals surface area contributed by atoms with Gasteiger partial charge in [0.15, 0.2) is 0 Å². The van der Waals surface area contributed by atoms with Crippen LogP contribution in [0.1, 0.15) is 58.8 Å². The summed E-state index contributed by atoms with van der Waals surface area (Å²) in [6.07, 6.45) is 10.6. The molecule has 0 aromatic heterocycles. The molecule has 1 heteroatoms. The summed E-state index contributed by atoms with van der Waals surface area (Å²) in [4.78, 5) is 0. The van der Waals surface area contributed by atoms with Crippen molar-refractivity contribution in [2.45, 2.75) is 58.8 Å². The van der Waals surface area contributed by atoms with Crippen molar-refractivity contribution < 1.29 is 0 Å². The molecule has 0 saturated heterocycles. The van der Waals surface area contributed by atoms with Gasteiger partial charge in [-0.15, -0.1) is 0 Å². The van der Waals surface area contributed by atoms with E-state index in [0.29, 0.717) is 0 Å². The van der Waals surface area contributed by atoms with Crippen LogP contribution in [0.3, 0.4) is 0 Å². The fraction of sp³-hybridized carbons (Fsp3) is 1.00. The molecule has 2 aliphatic rings. The molecule has 1 nitrogen and oxygen atoms in total. The maximum atomic E-state index is 3.65. The monoisotopic (exact) mass is 223 g/mol. The SMILES string of the molecule is CC(C)CNCC1CCC2CCCCC2C1. The molecular weight excluding hydrogens is 194 g/mol. The zero-order valence-corrected chi connectivity index (χ0v) is 11.2. The first-order chi connectivity index (χ1) is 7.75. The van der Waals surface area contributed by atoms with Crippen molar-refractivity contribution >= 4 is 0 Å². The number of fused-ring (bicyclic) bond motifs is 1. The van der Waals surface area contributed by atoms with Crippen LogP contribution < -0.4 is 5.32 Å². The molecule has 0 spiro atoms. The predicted molar refractivity (Wildman–Crippen MR) is 70.5 cm³/mol. The first-order valence-corrected chi connectivity index (χ1v) is 7.46. The Morgan fingerprint density at radius 2 is 1.75 bits per heavy atom. The van der Waals surface area contributed by atoms with Crippen LogP contribution in [0.25, 0.3) is 0 Å². The molecule has 0 heterocycles. The van der Waals surface area contributed by atoms with Crippen LogP contribution in [-0.2, 0) is 0 Å². The second kappa shape index (κ2) is 6.05. The first kappa shape index (κ1) is 12.4. The van der Waals surface area contributed by atoms with Crippen molar-refractivity contribution in [1.29, 1.82) is 0 Å². The molecule has 2 aliphatic carbocycles. The van der Waals surface area contributed by atoms with Gasteiger partial charge in [0.2, 0.25) is 0 Å². The van der Waals surface area contributed by atoms with E-state index in [9.17, 15) is 0 Å². The van der Waals surface area contributed by atoms with E-state index >= 15 is 0 Å². The normalized spacial score (nSPS) is 35.1. The van der Waals surface area contributed by atoms with E-state index in [4.69, 9.17) is 0 Å². The lowest BCUT2D eigenvalue weighted by molar-refractivity contribution is 0.128. The van der Waals surface area contributed by atoms with Crippen molar-refractivity contribution in [3.8, 4) is 0 Å². The van der Waals surface area contributed by atoms with Gasteiger partial charge in [-0.1, -0.05) is 39.5 Å². The molecule has 3 atom stereocenters. The second-order valence-corrected chi connectivity index (χ2v) is 6.54. The van der Waals surface area contributed by atoms with Gasteiger partial charge in [0, 0.05) is 0 Å². The quantitative estimate of drug-likeness (QED) is 0.763. The summed E-state index contributed by atoms with van der Waals surface area (Å²) < 4.78 is 0. The molecule has 0 aliphatic heterocycles. The Balaban J connectivity index is 1.68. The average Bonchev–Trinajstić information content (AvgIpc) is 2.28. The second-order valence-electron chi connectivity index (χ2n) is 6.54. The molecule has 16 heavy (non-hydrogen) atoms. The summed E-state index contributed by atoms with van der Waals surface area (Å²) >= 11 is 0. The van der Waals surface area contributed by atoms with Crippen molar-refractivity contribution in [3.05, 3.63) is 0 Å². The maximum Gasteiger partial charge on any atom is -0.00203 e. The Morgan fingerprint density at radius 3 is 2.50 bits per heavy atom. The van der Waals surface area contributed by atoms with Crippen LogP contribution in [0.5, 0.6) is 0 Å². The topological polar surface area (TPSA) is 12.0 Å². The van der Waals surface area contributed by atoms with E-state index in [1.165, 1.54) is 58.0 Å². The van der Waals surface area contributed by atoms with E-state index in [1.54, 1.807) is 0 Å². The van der Waals surface area contributed by atoms with Crippen LogP contribution in [0.15, 0.2) is 0 Å². The van der Waals surface area contributed by atoms with Crippen LogP contribution in [0.4, 0.5) is 0 Å². The minimum Gasteiger partial charge on any atom is -0.316 e. The molecule has 0 radical (unpaired) electrons. The molecule has 0 aromatic carbocycles. The highest BCUT2D eigenvalue weighted by Gasteiger charge is 2.31. The highest BCUT2D eigenvalue weighted by molar-refractivity contribution is 4.83. The lowest BCUT2D eigenvalue weighted by atomic mass is 9.67. The van der Waals surface area contributed by atoms with Gasteiger partial charge < -0.3 is 5.32 Å². The summed E-state index contributed by atoms with van der Waals surface area (Å²) in [5, 5.41) is 3.65. The number of hydrogen-bond acceptors (Lipinski definition) is 1. The summed E-state index contributed by atoms with van der Waals surface area (Å²) in [5.74, 6) is 3.98. The third-order valence-corrected chi connectivity index (χ3v) is 4.63. The Kier molecular flexibility index (Phi) is 4.69. The van der Waals surface area contributed by atoms with Crippen molar-refractivity contribution in [2.24, 2.45) is 23.7 Å². The number of hydrogen-bond donors (Lipinski definition) is 1. The van der Waals surface area contributed by atoms with E-state index in [1.807, 2.05) is 0 Å². The maximum absolute atomic E-state index is 3.65. The summed E-state index contributed by atoms with van der Waals surface area (Å²) in [6, 6.07) is 0. The average molecular weight is 223 g/mol. The fourth-order valence-electron chi connectivity index (χ4n) is 3.73. The first-order valence-electron chi connectivity index (χ1n) is 7.46. The van der Waals surface area contributed by atoms with Gasteiger partial charge in [0.25, 0.3) is 0 Å². The van der Waals surface area contributed by atoms with Gasteiger partial charge in [0.05, 0.1) is 0 Å². The summed E-state index contributed by atoms with van der Waals surface area (Å²) in [6.45, 7) is 7.07. The highest BCUT2D eigenvalue weighted by atomic mass is 14.9. The number of rotatable bonds is 4. The van der Waals surface area contributed by atoms with Gasteiger partial charge in [-0.25, -0.2) is 0 Å². The summed E-state index contributed by atoms with van der Waals surface area (Å²) in [7, 11) is 0. The third-order valence-electron chi connectivity index (χ3n) is 4.63. The standard InChI is InChI=1S/C15H29N/c1-12(2)10-16-11-13-7-8-14-5-3-4-6-15(14)9-13/h12-16H,3-11H2,1-2H3. The van der Waals surface area contributed by atoms with Crippen molar-refractivity contribution in [3.63, 3.8) is 0 Å². The fourth-order valence-corrected chi connectivity index (χ4v) is 3.73. The highest BCUT2D eigenvalue weighted by Crippen LogP contribution is 2.42. The van der Waals surface area contributed by atoms with Crippen LogP contribution in [0.2, 0.25) is 0 Å². The zero-order valence-electron chi connectivity index (χ0n) is 11.2. The molecule has 1 N–H and O–H groups in total. The lowest BCUT2D eigenvalue weighted by Gasteiger charge is -2.39. The van der Waals surface area contributed by atoms with Gasteiger partial charge in [-0.05, 0) is 56.0 Å². The van der Waals surface area contributed by atoms with Crippen molar-refractivity contribution in [1.82, 2.24) is 5.32 Å². The van der Waals surface area contributed by atoms with Gasteiger partial charge in [0.1, 0.15) is 0 Å². The van der Waals surface area contributed by atoms with E-state index in [-0.39, 0.29) is 0 Å². The molecule has 2 rings (SSSR count). The molecule has 2 fully saturated rings. The van der Waals surface area contributed by atoms with E-state index < -0.39 is 0 Å². The Hall–Kier alpha value is -0.0400. The lowest BCUT2D eigenvalue weighted by Crippen LogP contribution is -2.34. The molecule has 0 bridgehead atoms. The molecule has 2 saturated carbocycles. The molecular formula is C15H29N. The summed E-state index contributed by atoms with van der Waals surface area (Å²) in [5.41, 5.74) is 0. The van der Waals surface area contributed by atoms with Gasteiger partial charge in [-0.2, -0.15) is 0 Å². The Bertz CT molecular complexity index is 200. The minimum atomic E-state index is 0.797. The van der Waals surface area contributed by atoms with Crippen molar-refractivity contribution in [2.75, 3.05) is 13.1 Å². The molecule has 94 valence electrons. The Labute approximate surface area is 101 Å². The largest absolute Gasteiger partial charge is 0.316 e. The smallest absolute Gasteiger partial charge is 0.00203 e. The van der Waals surface area contributed by atoms with Gasteiger partial charge in [-0.3, -0.25) is 0 Å². The van der Waals surface area contributed by atoms with Crippen LogP contribution >= 0.6 is 0 Å². The minimum absolute atomic E-state index is 0.797.